The second kappa shape index (κ2) is 7.57. The van der Waals surface area contributed by atoms with Crippen LogP contribution in [0, 0.1) is 5.82 Å². The van der Waals surface area contributed by atoms with Gasteiger partial charge in [-0.25, -0.2) is 4.39 Å². The molecule has 0 saturated heterocycles. The predicted molar refractivity (Wildman–Crippen MR) is 88.2 cm³/mol. The summed E-state index contributed by atoms with van der Waals surface area (Å²) in [5.74, 6) is 0.551. The lowest BCUT2D eigenvalue weighted by Gasteiger charge is -2.10. The minimum Gasteiger partial charge on any atom is -0.484 e. The van der Waals surface area contributed by atoms with Gasteiger partial charge in [0, 0.05) is 5.56 Å². The van der Waals surface area contributed by atoms with Crippen molar-refractivity contribution in [3.63, 3.8) is 0 Å². The van der Waals surface area contributed by atoms with Crippen molar-refractivity contribution in [3.8, 4) is 17.1 Å². The number of halogens is 1. The van der Waals surface area contributed by atoms with Crippen molar-refractivity contribution in [2.75, 3.05) is 6.61 Å². The lowest BCUT2D eigenvalue weighted by Crippen LogP contribution is -2.31. The Hall–Kier alpha value is -3.22. The fourth-order valence-corrected chi connectivity index (χ4v) is 2.14. The third-order valence-electron chi connectivity index (χ3n) is 3.41. The highest BCUT2D eigenvalue weighted by Gasteiger charge is 2.17. The summed E-state index contributed by atoms with van der Waals surface area (Å²) >= 11 is 0. The van der Waals surface area contributed by atoms with E-state index in [-0.39, 0.29) is 24.2 Å². The molecular weight excluding hydrogens is 325 g/mol. The number of carbonyl (C=O) groups is 1. The molecule has 1 unspecified atom stereocenters. The molecule has 0 fully saturated rings. The zero-order valence-electron chi connectivity index (χ0n) is 13.5. The molecule has 1 atom stereocenters. The van der Waals surface area contributed by atoms with Crippen LogP contribution in [0.5, 0.6) is 5.75 Å². The molecule has 0 bridgehead atoms. The summed E-state index contributed by atoms with van der Waals surface area (Å²) in [7, 11) is 0. The third-order valence-corrected chi connectivity index (χ3v) is 3.41. The van der Waals surface area contributed by atoms with Crippen LogP contribution in [-0.4, -0.2) is 22.7 Å². The molecule has 0 radical (unpaired) electrons. The average Bonchev–Trinajstić information content (AvgIpc) is 3.12. The lowest BCUT2D eigenvalue weighted by molar-refractivity contribution is -0.123. The Morgan fingerprint density at radius 3 is 2.64 bits per heavy atom. The van der Waals surface area contributed by atoms with Gasteiger partial charge >= 0.3 is 0 Å². The van der Waals surface area contributed by atoms with Gasteiger partial charge in [0.25, 0.3) is 5.91 Å². The maximum Gasteiger partial charge on any atom is 0.258 e. The number of hydrogen-bond acceptors (Lipinski definition) is 5. The van der Waals surface area contributed by atoms with E-state index in [4.69, 9.17) is 9.26 Å². The van der Waals surface area contributed by atoms with Crippen molar-refractivity contribution in [2.45, 2.75) is 13.0 Å². The number of hydrogen-bond donors (Lipinski definition) is 1. The SMILES string of the molecule is CC(NC(=O)COc1ccccc1)c1nc(-c2ccc(F)cc2)no1. The molecule has 1 N–H and O–H groups in total. The number of benzene rings is 2. The summed E-state index contributed by atoms with van der Waals surface area (Å²) in [6.07, 6.45) is 0. The lowest BCUT2D eigenvalue weighted by atomic mass is 10.2. The maximum absolute atomic E-state index is 13.0. The van der Waals surface area contributed by atoms with E-state index in [0.717, 1.165) is 0 Å². The molecule has 7 heteroatoms. The standard InChI is InChI=1S/C18H16FN3O3/c1-12(20-16(23)11-24-15-5-3-2-4-6-15)18-21-17(22-25-18)13-7-9-14(19)10-8-13/h2-10,12H,11H2,1H3,(H,20,23). The van der Waals surface area contributed by atoms with E-state index >= 15 is 0 Å². The summed E-state index contributed by atoms with van der Waals surface area (Å²) in [6.45, 7) is 1.61. The van der Waals surface area contributed by atoms with Crippen LogP contribution in [0.25, 0.3) is 11.4 Å². The topological polar surface area (TPSA) is 77.2 Å². The molecule has 0 aliphatic rings. The Morgan fingerprint density at radius 2 is 1.92 bits per heavy atom. The van der Waals surface area contributed by atoms with Gasteiger partial charge in [-0.05, 0) is 43.3 Å². The zero-order chi connectivity index (χ0) is 17.6. The van der Waals surface area contributed by atoms with Gasteiger partial charge in [0.1, 0.15) is 17.6 Å². The molecule has 3 aromatic rings. The van der Waals surface area contributed by atoms with Crippen molar-refractivity contribution >= 4 is 5.91 Å². The van der Waals surface area contributed by atoms with Crippen LogP contribution >= 0.6 is 0 Å². The van der Waals surface area contributed by atoms with E-state index in [1.165, 1.54) is 12.1 Å². The Kier molecular flexibility index (Phi) is 5.03. The van der Waals surface area contributed by atoms with E-state index in [2.05, 4.69) is 15.5 Å². The molecule has 1 aromatic heterocycles. The molecule has 3 rings (SSSR count). The number of nitrogens with one attached hydrogen (secondary N) is 1. The number of carbonyl (C=O) groups excluding carboxylic acids is 1. The summed E-state index contributed by atoms with van der Waals surface area (Å²) in [6, 6.07) is 14.3. The number of nitrogens with zero attached hydrogens (tertiary/aromatic N) is 2. The quantitative estimate of drug-likeness (QED) is 0.745. The van der Waals surface area contributed by atoms with Gasteiger partial charge < -0.3 is 14.6 Å². The smallest absolute Gasteiger partial charge is 0.258 e. The zero-order valence-corrected chi connectivity index (χ0v) is 13.5. The van der Waals surface area contributed by atoms with E-state index < -0.39 is 6.04 Å². The highest BCUT2D eigenvalue weighted by atomic mass is 19.1. The van der Waals surface area contributed by atoms with Crippen molar-refractivity contribution in [2.24, 2.45) is 0 Å². The number of rotatable bonds is 6. The molecule has 0 aliphatic carbocycles. The van der Waals surface area contributed by atoms with Gasteiger partial charge in [-0.2, -0.15) is 4.98 Å². The second-order valence-corrected chi connectivity index (χ2v) is 5.35. The Labute approximate surface area is 143 Å². The van der Waals surface area contributed by atoms with Gasteiger partial charge in [0.15, 0.2) is 6.61 Å². The maximum atomic E-state index is 13.0. The Morgan fingerprint density at radius 1 is 1.20 bits per heavy atom. The molecule has 1 heterocycles. The molecule has 6 nitrogen and oxygen atoms in total. The molecule has 0 spiro atoms. The number of para-hydroxylation sites is 1. The molecule has 0 saturated carbocycles. The fourth-order valence-electron chi connectivity index (χ4n) is 2.14. The van der Waals surface area contributed by atoms with Crippen LogP contribution in [0.2, 0.25) is 0 Å². The van der Waals surface area contributed by atoms with E-state index in [1.807, 2.05) is 18.2 Å². The highest BCUT2D eigenvalue weighted by molar-refractivity contribution is 5.77. The van der Waals surface area contributed by atoms with Crippen LogP contribution in [-0.2, 0) is 4.79 Å². The first-order chi connectivity index (χ1) is 12.1. The molecule has 0 aliphatic heterocycles. The van der Waals surface area contributed by atoms with Crippen molar-refractivity contribution in [1.29, 1.82) is 0 Å². The summed E-state index contributed by atoms with van der Waals surface area (Å²) in [4.78, 5) is 16.2. The second-order valence-electron chi connectivity index (χ2n) is 5.35. The molecule has 25 heavy (non-hydrogen) atoms. The van der Waals surface area contributed by atoms with Crippen LogP contribution in [0.3, 0.4) is 0 Å². The van der Waals surface area contributed by atoms with Gasteiger partial charge in [0.2, 0.25) is 11.7 Å². The van der Waals surface area contributed by atoms with Gasteiger partial charge in [0.05, 0.1) is 0 Å². The van der Waals surface area contributed by atoms with Crippen LogP contribution < -0.4 is 10.1 Å². The largest absolute Gasteiger partial charge is 0.484 e. The van der Waals surface area contributed by atoms with E-state index in [1.54, 1.807) is 31.2 Å². The molecule has 128 valence electrons. The first-order valence-corrected chi connectivity index (χ1v) is 7.68. The highest BCUT2D eigenvalue weighted by Crippen LogP contribution is 2.19. The van der Waals surface area contributed by atoms with Crippen LogP contribution in [0.15, 0.2) is 59.1 Å². The van der Waals surface area contributed by atoms with Crippen LogP contribution in [0.1, 0.15) is 18.9 Å². The van der Waals surface area contributed by atoms with E-state index in [9.17, 15) is 9.18 Å². The minimum absolute atomic E-state index is 0.118. The fraction of sp³-hybridized carbons (Fsp3) is 0.167. The first-order valence-electron chi connectivity index (χ1n) is 7.68. The van der Waals surface area contributed by atoms with Crippen molar-refractivity contribution < 1.29 is 18.4 Å². The van der Waals surface area contributed by atoms with Crippen LogP contribution in [0.4, 0.5) is 4.39 Å². The Bertz CT molecular complexity index is 834. The molecule has 2 aromatic carbocycles. The number of ether oxygens (including phenoxy) is 1. The monoisotopic (exact) mass is 341 g/mol. The van der Waals surface area contributed by atoms with Crippen molar-refractivity contribution in [1.82, 2.24) is 15.5 Å². The van der Waals surface area contributed by atoms with Gasteiger partial charge in [-0.3, -0.25) is 4.79 Å². The number of aromatic nitrogens is 2. The summed E-state index contributed by atoms with van der Waals surface area (Å²) in [5.41, 5.74) is 0.627. The van der Waals surface area contributed by atoms with Gasteiger partial charge in [-0.1, -0.05) is 23.4 Å². The Balaban J connectivity index is 1.57. The predicted octanol–water partition coefficient (Wildman–Crippen LogP) is 3.13. The summed E-state index contributed by atoms with van der Waals surface area (Å²) < 4.78 is 23.5. The minimum atomic E-state index is -0.478. The first kappa shape index (κ1) is 16.6. The average molecular weight is 341 g/mol. The van der Waals surface area contributed by atoms with E-state index in [0.29, 0.717) is 17.1 Å². The number of amides is 1. The normalized spacial score (nSPS) is 11.8. The summed E-state index contributed by atoms with van der Waals surface area (Å²) in [5, 5.41) is 6.57. The molecule has 1 amide bonds. The van der Waals surface area contributed by atoms with Crippen molar-refractivity contribution in [3.05, 3.63) is 66.3 Å². The third kappa shape index (κ3) is 4.41. The molecular formula is C18H16FN3O3. The van der Waals surface area contributed by atoms with Gasteiger partial charge in [-0.15, -0.1) is 0 Å².